The molecule has 0 unspecified atom stereocenters. The van der Waals surface area contributed by atoms with Crippen molar-refractivity contribution in [3.05, 3.63) is 76.7 Å². The molecule has 5 heteroatoms. The second kappa shape index (κ2) is 5.93. The molecule has 2 aromatic carbocycles. The lowest BCUT2D eigenvalue weighted by Crippen LogP contribution is -2.00. The molecule has 0 bridgehead atoms. The highest BCUT2D eigenvalue weighted by molar-refractivity contribution is 6.36. The average molecular weight is 354 g/mol. The van der Waals surface area contributed by atoms with Crippen LogP contribution in [0.15, 0.2) is 60.9 Å². The van der Waals surface area contributed by atoms with E-state index < -0.39 is 0 Å². The molecule has 4 aromatic rings. The molecule has 0 fully saturated rings. The first-order valence-corrected chi connectivity index (χ1v) is 8.25. The maximum Gasteiger partial charge on any atom is 0.235 e. The first-order valence-electron chi connectivity index (χ1n) is 7.49. The molecular weight excluding hydrogens is 341 g/mol. The molecular formula is C19H13Cl2N3. The number of imidazole rings is 1. The number of nitrogens with zero attached hydrogens (tertiary/aromatic N) is 3. The predicted molar refractivity (Wildman–Crippen MR) is 98.6 cm³/mol. The lowest BCUT2D eigenvalue weighted by molar-refractivity contribution is 1.12. The molecule has 2 heterocycles. The molecule has 118 valence electrons. The summed E-state index contributed by atoms with van der Waals surface area (Å²) in [5, 5.41) is 1.02. The van der Waals surface area contributed by atoms with Crippen LogP contribution in [0.1, 0.15) is 5.56 Å². The third-order valence-corrected chi connectivity index (χ3v) is 4.57. The summed E-state index contributed by atoms with van der Waals surface area (Å²) in [6.45, 7) is 2.06. The summed E-state index contributed by atoms with van der Waals surface area (Å²) in [5.41, 5.74) is 4.80. The van der Waals surface area contributed by atoms with Gasteiger partial charge >= 0.3 is 0 Å². The van der Waals surface area contributed by atoms with Crippen molar-refractivity contribution >= 4 is 29.0 Å². The summed E-state index contributed by atoms with van der Waals surface area (Å²) >= 11 is 13.0. The minimum absolute atomic E-state index is 0.386. The van der Waals surface area contributed by atoms with E-state index in [2.05, 4.69) is 41.2 Å². The average Bonchev–Trinajstić information content (AvgIpc) is 3.03. The third kappa shape index (κ3) is 2.46. The Balaban J connectivity index is 2.13. The van der Waals surface area contributed by atoms with Gasteiger partial charge in [-0.1, -0.05) is 71.2 Å². The Bertz CT molecular complexity index is 1040. The zero-order valence-corrected chi connectivity index (χ0v) is 14.4. The number of benzene rings is 2. The topological polar surface area (TPSA) is 30.2 Å². The van der Waals surface area contributed by atoms with Crippen molar-refractivity contribution in [2.24, 2.45) is 0 Å². The van der Waals surface area contributed by atoms with Crippen molar-refractivity contribution in [3.8, 4) is 22.4 Å². The molecule has 2 aromatic heterocycles. The Morgan fingerprint density at radius 3 is 2.46 bits per heavy atom. The van der Waals surface area contributed by atoms with E-state index >= 15 is 0 Å². The number of halogens is 2. The monoisotopic (exact) mass is 353 g/mol. The smallest absolute Gasteiger partial charge is 0.235 e. The van der Waals surface area contributed by atoms with Crippen LogP contribution in [0, 0.1) is 6.92 Å². The van der Waals surface area contributed by atoms with E-state index in [1.807, 2.05) is 34.9 Å². The van der Waals surface area contributed by atoms with Gasteiger partial charge in [-0.25, -0.2) is 4.98 Å². The van der Waals surface area contributed by atoms with Gasteiger partial charge in [-0.2, -0.15) is 4.98 Å². The second-order valence-electron chi connectivity index (χ2n) is 5.57. The van der Waals surface area contributed by atoms with Gasteiger partial charge in [0.15, 0.2) is 0 Å². The highest BCUT2D eigenvalue weighted by Gasteiger charge is 2.19. The maximum absolute atomic E-state index is 6.53. The van der Waals surface area contributed by atoms with Gasteiger partial charge in [0.05, 0.1) is 5.69 Å². The summed E-state index contributed by atoms with van der Waals surface area (Å²) in [4.78, 5) is 8.69. The quantitative estimate of drug-likeness (QED) is 0.434. The summed E-state index contributed by atoms with van der Waals surface area (Å²) < 4.78 is 1.94. The first kappa shape index (κ1) is 15.2. The Kier molecular flexibility index (Phi) is 3.75. The minimum atomic E-state index is 0.386. The van der Waals surface area contributed by atoms with Crippen molar-refractivity contribution in [1.29, 1.82) is 0 Å². The molecule has 0 saturated carbocycles. The highest BCUT2D eigenvalue weighted by Crippen LogP contribution is 2.40. The molecule has 0 aliphatic heterocycles. The zero-order chi connectivity index (χ0) is 16.7. The van der Waals surface area contributed by atoms with Crippen LogP contribution in [0.25, 0.3) is 28.2 Å². The number of fused-ring (bicyclic) bond motifs is 1. The van der Waals surface area contributed by atoms with Crippen molar-refractivity contribution in [1.82, 2.24) is 14.4 Å². The summed E-state index contributed by atoms with van der Waals surface area (Å²) in [5.74, 6) is 0.561. The van der Waals surface area contributed by atoms with Gasteiger partial charge in [0.2, 0.25) is 5.78 Å². The van der Waals surface area contributed by atoms with E-state index in [4.69, 9.17) is 23.2 Å². The Morgan fingerprint density at radius 2 is 1.71 bits per heavy atom. The van der Waals surface area contributed by atoms with Crippen LogP contribution in [0.2, 0.25) is 10.2 Å². The van der Waals surface area contributed by atoms with Crippen molar-refractivity contribution in [2.45, 2.75) is 6.92 Å². The third-order valence-electron chi connectivity index (χ3n) is 3.97. The van der Waals surface area contributed by atoms with Gasteiger partial charge < -0.3 is 0 Å². The van der Waals surface area contributed by atoms with E-state index in [1.165, 1.54) is 5.56 Å². The van der Waals surface area contributed by atoms with E-state index in [1.54, 1.807) is 6.20 Å². The number of aromatic nitrogens is 3. The molecule has 0 spiro atoms. The minimum Gasteiger partial charge on any atom is -0.283 e. The van der Waals surface area contributed by atoms with Crippen molar-refractivity contribution < 1.29 is 0 Å². The molecule has 0 aliphatic carbocycles. The van der Waals surface area contributed by atoms with Crippen LogP contribution in [-0.4, -0.2) is 14.4 Å². The van der Waals surface area contributed by atoms with Crippen LogP contribution >= 0.6 is 23.2 Å². The Morgan fingerprint density at radius 1 is 0.958 bits per heavy atom. The SMILES string of the molecule is Cc1ccc(-c2c(-c3ccccc3Cl)c(Cl)nc3nccn23)cc1. The van der Waals surface area contributed by atoms with Crippen LogP contribution in [0.4, 0.5) is 0 Å². The number of aryl methyl sites for hydroxylation is 1. The van der Waals surface area contributed by atoms with Gasteiger partial charge in [0.25, 0.3) is 0 Å². The Labute approximate surface area is 149 Å². The van der Waals surface area contributed by atoms with Gasteiger partial charge in [-0.05, 0) is 18.6 Å². The second-order valence-corrected chi connectivity index (χ2v) is 6.33. The summed E-state index contributed by atoms with van der Waals surface area (Å²) in [6, 6.07) is 15.9. The van der Waals surface area contributed by atoms with Crippen LogP contribution in [0.5, 0.6) is 0 Å². The first-order chi connectivity index (χ1) is 11.6. The summed E-state index contributed by atoms with van der Waals surface area (Å²) in [6.07, 6.45) is 3.60. The normalized spacial score (nSPS) is 11.1. The zero-order valence-electron chi connectivity index (χ0n) is 12.9. The number of hydrogen-bond donors (Lipinski definition) is 0. The predicted octanol–water partition coefficient (Wildman–Crippen LogP) is 5.68. The van der Waals surface area contributed by atoms with Crippen LogP contribution in [0.3, 0.4) is 0 Å². The van der Waals surface area contributed by atoms with E-state index in [0.717, 1.165) is 22.4 Å². The summed E-state index contributed by atoms with van der Waals surface area (Å²) in [7, 11) is 0. The van der Waals surface area contributed by atoms with Crippen molar-refractivity contribution in [2.75, 3.05) is 0 Å². The molecule has 3 nitrogen and oxygen atoms in total. The number of rotatable bonds is 2. The molecule has 0 atom stereocenters. The fraction of sp³-hybridized carbons (Fsp3) is 0.0526. The molecule has 24 heavy (non-hydrogen) atoms. The van der Waals surface area contributed by atoms with Gasteiger partial charge in [-0.3, -0.25) is 4.40 Å². The highest BCUT2D eigenvalue weighted by atomic mass is 35.5. The molecule has 0 radical (unpaired) electrons. The molecule has 4 rings (SSSR count). The lowest BCUT2D eigenvalue weighted by Gasteiger charge is -2.15. The van der Waals surface area contributed by atoms with Gasteiger partial charge in [-0.15, -0.1) is 0 Å². The van der Waals surface area contributed by atoms with Crippen molar-refractivity contribution in [3.63, 3.8) is 0 Å². The Hall–Kier alpha value is -2.36. The molecule has 0 saturated heterocycles. The molecule has 0 aliphatic rings. The van der Waals surface area contributed by atoms with E-state index in [9.17, 15) is 0 Å². The number of hydrogen-bond acceptors (Lipinski definition) is 2. The van der Waals surface area contributed by atoms with E-state index in [0.29, 0.717) is 16.0 Å². The van der Waals surface area contributed by atoms with Gasteiger partial charge in [0.1, 0.15) is 5.15 Å². The van der Waals surface area contributed by atoms with Gasteiger partial charge in [0, 0.05) is 28.5 Å². The molecule has 0 amide bonds. The lowest BCUT2D eigenvalue weighted by atomic mass is 9.99. The standard InChI is InChI=1S/C19H13Cl2N3/c1-12-6-8-13(9-7-12)17-16(14-4-2-3-5-15(14)20)18(21)23-19-22-10-11-24(17)19/h2-11H,1H3. The van der Waals surface area contributed by atoms with E-state index in [-0.39, 0.29) is 0 Å². The fourth-order valence-electron chi connectivity index (χ4n) is 2.81. The largest absolute Gasteiger partial charge is 0.283 e. The van der Waals surface area contributed by atoms with Crippen LogP contribution < -0.4 is 0 Å². The maximum atomic E-state index is 6.53. The fourth-order valence-corrected chi connectivity index (χ4v) is 3.31. The molecule has 0 N–H and O–H groups in total. The van der Waals surface area contributed by atoms with Crippen LogP contribution in [-0.2, 0) is 0 Å².